The second-order valence-electron chi connectivity index (χ2n) is 7.13. The van der Waals surface area contributed by atoms with Crippen LogP contribution in [0.15, 0.2) is 30.3 Å². The van der Waals surface area contributed by atoms with Crippen molar-refractivity contribution in [3.05, 3.63) is 40.7 Å². The Morgan fingerprint density at radius 2 is 2.19 bits per heavy atom. The molecule has 0 N–H and O–H groups in total. The molecule has 6 nitrogen and oxygen atoms in total. The molecule has 3 heterocycles. The Morgan fingerprint density at radius 1 is 1.37 bits per heavy atom. The van der Waals surface area contributed by atoms with Crippen molar-refractivity contribution in [1.29, 1.82) is 0 Å². The van der Waals surface area contributed by atoms with E-state index in [1.807, 2.05) is 28.1 Å². The van der Waals surface area contributed by atoms with E-state index >= 15 is 0 Å². The number of benzene rings is 1. The van der Waals surface area contributed by atoms with Gasteiger partial charge in [-0.25, -0.2) is 4.68 Å². The predicted molar refractivity (Wildman–Crippen MR) is 107 cm³/mol. The van der Waals surface area contributed by atoms with Crippen LogP contribution in [0.3, 0.4) is 0 Å². The van der Waals surface area contributed by atoms with Gasteiger partial charge in [0.1, 0.15) is 0 Å². The van der Waals surface area contributed by atoms with Gasteiger partial charge in [0.15, 0.2) is 5.65 Å². The molecule has 0 bridgehead atoms. The van der Waals surface area contributed by atoms with Crippen molar-refractivity contribution in [2.75, 3.05) is 19.7 Å². The highest BCUT2D eigenvalue weighted by Gasteiger charge is 2.27. The Balaban J connectivity index is 1.65. The normalized spacial score (nSPS) is 18.2. The summed E-state index contributed by atoms with van der Waals surface area (Å²) in [6.07, 6.45) is 1.86. The lowest BCUT2D eigenvalue weighted by Gasteiger charge is -2.31. The summed E-state index contributed by atoms with van der Waals surface area (Å²) in [4.78, 5) is 14.3. The molecule has 27 heavy (non-hydrogen) atoms. The molecule has 1 aliphatic rings. The number of fused-ring (bicyclic) bond motifs is 3. The molecule has 0 spiro atoms. The molecule has 142 valence electrons. The van der Waals surface area contributed by atoms with E-state index < -0.39 is 0 Å². The van der Waals surface area contributed by atoms with Crippen LogP contribution in [0.1, 0.15) is 25.3 Å². The number of carbonyl (C=O) groups is 1. The number of pyridine rings is 1. The number of para-hydroxylation sites is 1. The molecule has 0 radical (unpaired) electrons. The first-order chi connectivity index (χ1) is 13.1. The average Bonchev–Trinajstić information content (AvgIpc) is 2.98. The number of aromatic nitrogens is 3. The highest BCUT2D eigenvalue weighted by molar-refractivity contribution is 7.71. The number of hydrogen-bond acceptors (Lipinski definition) is 5. The predicted octanol–water partition coefficient (Wildman–Crippen LogP) is 3.56. The fourth-order valence-corrected chi connectivity index (χ4v) is 4.23. The molecule has 1 unspecified atom stereocenters. The fourth-order valence-electron chi connectivity index (χ4n) is 3.94. The van der Waals surface area contributed by atoms with E-state index in [2.05, 4.69) is 30.0 Å². The van der Waals surface area contributed by atoms with Crippen LogP contribution in [0, 0.1) is 17.6 Å². The van der Waals surface area contributed by atoms with Crippen molar-refractivity contribution in [2.24, 2.45) is 5.92 Å². The molecule has 1 saturated heterocycles. The van der Waals surface area contributed by atoms with E-state index in [1.165, 1.54) is 10.9 Å². The van der Waals surface area contributed by atoms with E-state index in [0.717, 1.165) is 30.6 Å². The van der Waals surface area contributed by atoms with Crippen LogP contribution in [-0.4, -0.2) is 44.7 Å². The Bertz CT molecular complexity index is 1060. The largest absolute Gasteiger partial charge is 0.466 e. The molecule has 0 saturated carbocycles. The molecule has 0 amide bonds. The Hall–Kier alpha value is -2.25. The topological polar surface area (TPSA) is 51.8 Å². The minimum atomic E-state index is -0.0950. The lowest BCUT2D eigenvalue weighted by atomic mass is 9.99. The maximum absolute atomic E-state index is 12.1. The number of nitrogens with zero attached hydrogens (tertiary/aromatic N) is 4. The molecular formula is C20H24N4O2S. The Kier molecular flexibility index (Phi) is 4.97. The van der Waals surface area contributed by atoms with Gasteiger partial charge in [0.25, 0.3) is 0 Å². The number of piperidine rings is 1. The van der Waals surface area contributed by atoms with E-state index in [0.29, 0.717) is 24.6 Å². The Labute approximate surface area is 163 Å². The summed E-state index contributed by atoms with van der Waals surface area (Å²) in [5.41, 5.74) is 3.12. The highest BCUT2D eigenvalue weighted by atomic mass is 32.1. The zero-order chi connectivity index (χ0) is 19.0. The van der Waals surface area contributed by atoms with E-state index in [-0.39, 0.29) is 11.9 Å². The van der Waals surface area contributed by atoms with Gasteiger partial charge in [-0.05, 0) is 63.1 Å². The van der Waals surface area contributed by atoms with Crippen LogP contribution in [0.2, 0.25) is 0 Å². The third-order valence-corrected chi connectivity index (χ3v) is 5.63. The molecular weight excluding hydrogens is 360 g/mol. The molecule has 1 aromatic carbocycles. The van der Waals surface area contributed by atoms with E-state index in [9.17, 15) is 4.79 Å². The quantitative estimate of drug-likeness (QED) is 0.509. The van der Waals surface area contributed by atoms with Crippen molar-refractivity contribution in [3.8, 4) is 0 Å². The summed E-state index contributed by atoms with van der Waals surface area (Å²) in [6.45, 7) is 6.59. The van der Waals surface area contributed by atoms with Crippen molar-refractivity contribution in [3.63, 3.8) is 0 Å². The summed E-state index contributed by atoms with van der Waals surface area (Å²) >= 11 is 5.73. The molecule has 1 atom stereocenters. The minimum Gasteiger partial charge on any atom is -0.466 e. The summed E-state index contributed by atoms with van der Waals surface area (Å²) < 4.78 is 9.78. The molecule has 4 rings (SSSR count). The van der Waals surface area contributed by atoms with Gasteiger partial charge in [-0.1, -0.05) is 18.2 Å². The summed E-state index contributed by atoms with van der Waals surface area (Å²) in [5, 5.41) is 5.92. The molecule has 7 heteroatoms. The summed E-state index contributed by atoms with van der Waals surface area (Å²) in [5.74, 6) is -0.157. The zero-order valence-corrected chi connectivity index (χ0v) is 16.5. The standard InChI is InChI=1S/C20H24N4O2S/c1-3-26-19(25)15-7-6-10-22(12-15)13-23-20(27)24-17-9-5-4-8-16(17)14(2)11-18(24)21-23/h4-5,8-9,11,15H,3,6-7,10,12-13H2,1-2H3. The van der Waals surface area contributed by atoms with Gasteiger partial charge in [-0.3, -0.25) is 14.1 Å². The number of esters is 1. The minimum absolute atomic E-state index is 0.0621. The van der Waals surface area contributed by atoms with Gasteiger partial charge in [0.05, 0.1) is 24.7 Å². The monoisotopic (exact) mass is 384 g/mol. The van der Waals surface area contributed by atoms with Crippen molar-refractivity contribution in [1.82, 2.24) is 19.1 Å². The van der Waals surface area contributed by atoms with Gasteiger partial charge in [-0.15, -0.1) is 0 Å². The van der Waals surface area contributed by atoms with Crippen molar-refractivity contribution in [2.45, 2.75) is 33.4 Å². The van der Waals surface area contributed by atoms with Crippen LogP contribution in [-0.2, 0) is 16.2 Å². The van der Waals surface area contributed by atoms with E-state index in [4.69, 9.17) is 22.1 Å². The number of hydrogen-bond donors (Lipinski definition) is 0. The average molecular weight is 385 g/mol. The lowest BCUT2D eigenvalue weighted by molar-refractivity contribution is -0.150. The number of rotatable bonds is 4. The molecule has 0 aliphatic carbocycles. The van der Waals surface area contributed by atoms with Crippen LogP contribution in [0.4, 0.5) is 0 Å². The Morgan fingerprint density at radius 3 is 3.00 bits per heavy atom. The third-order valence-electron chi connectivity index (χ3n) is 5.24. The number of likely N-dealkylation sites (tertiary alicyclic amines) is 1. The first kappa shape index (κ1) is 18.1. The lowest BCUT2D eigenvalue weighted by Crippen LogP contribution is -2.40. The highest BCUT2D eigenvalue weighted by Crippen LogP contribution is 2.22. The SMILES string of the molecule is CCOC(=O)C1CCCN(Cn2nc3cc(C)c4ccccc4n3c2=S)C1. The molecule has 3 aromatic rings. The first-order valence-corrected chi connectivity index (χ1v) is 9.86. The van der Waals surface area contributed by atoms with Gasteiger partial charge < -0.3 is 4.74 Å². The maximum atomic E-state index is 12.1. The van der Waals surface area contributed by atoms with Gasteiger partial charge in [0.2, 0.25) is 4.77 Å². The van der Waals surface area contributed by atoms with Crippen LogP contribution < -0.4 is 0 Å². The van der Waals surface area contributed by atoms with Crippen LogP contribution in [0.5, 0.6) is 0 Å². The number of carbonyl (C=O) groups excluding carboxylic acids is 1. The van der Waals surface area contributed by atoms with Crippen molar-refractivity contribution < 1.29 is 9.53 Å². The fraction of sp³-hybridized carbons (Fsp3) is 0.450. The van der Waals surface area contributed by atoms with Crippen LogP contribution in [0.25, 0.3) is 16.6 Å². The number of aryl methyl sites for hydroxylation is 1. The van der Waals surface area contributed by atoms with Crippen LogP contribution >= 0.6 is 12.2 Å². The van der Waals surface area contributed by atoms with Gasteiger partial charge in [-0.2, -0.15) is 5.10 Å². The molecule has 1 fully saturated rings. The zero-order valence-electron chi connectivity index (χ0n) is 15.7. The molecule has 1 aliphatic heterocycles. The van der Waals surface area contributed by atoms with Gasteiger partial charge in [0, 0.05) is 11.9 Å². The second kappa shape index (κ2) is 7.40. The second-order valence-corrected chi connectivity index (χ2v) is 7.49. The number of ether oxygens (including phenoxy) is 1. The van der Waals surface area contributed by atoms with Crippen molar-refractivity contribution >= 4 is 34.7 Å². The van der Waals surface area contributed by atoms with E-state index in [1.54, 1.807) is 0 Å². The molecule has 2 aromatic heterocycles. The summed E-state index contributed by atoms with van der Waals surface area (Å²) in [6, 6.07) is 10.3. The third kappa shape index (κ3) is 3.37. The first-order valence-electron chi connectivity index (χ1n) is 9.45. The summed E-state index contributed by atoms with van der Waals surface area (Å²) in [7, 11) is 0. The van der Waals surface area contributed by atoms with Gasteiger partial charge >= 0.3 is 5.97 Å². The maximum Gasteiger partial charge on any atom is 0.310 e. The smallest absolute Gasteiger partial charge is 0.310 e.